The van der Waals surface area contributed by atoms with Crippen molar-refractivity contribution in [2.45, 2.75) is 64.2 Å². The molecule has 0 spiro atoms. The van der Waals surface area contributed by atoms with Crippen LogP contribution in [0.1, 0.15) is 64.4 Å². The molecule has 1 aromatic carbocycles. The van der Waals surface area contributed by atoms with Gasteiger partial charge in [0.1, 0.15) is 0 Å². The lowest BCUT2D eigenvalue weighted by Gasteiger charge is -2.33. The Bertz CT molecular complexity index is 472. The summed E-state index contributed by atoms with van der Waals surface area (Å²) in [6.07, 6.45) is 9.53. The van der Waals surface area contributed by atoms with E-state index in [-0.39, 0.29) is 5.41 Å². The van der Waals surface area contributed by atoms with Crippen molar-refractivity contribution in [3.05, 3.63) is 47.5 Å². The molecule has 1 aliphatic carbocycles. The van der Waals surface area contributed by atoms with Gasteiger partial charge >= 0.3 is 0 Å². The maximum absolute atomic E-state index is 12.1. The fraction of sp³-hybridized carbons (Fsp3) is 0.526. The molecule has 1 heteroatoms. The summed E-state index contributed by atoms with van der Waals surface area (Å²) in [6, 6.07) is 10.7. The van der Waals surface area contributed by atoms with Crippen molar-refractivity contribution < 1.29 is 4.79 Å². The number of ketones is 1. The zero-order valence-electron chi connectivity index (χ0n) is 12.8. The van der Waals surface area contributed by atoms with E-state index in [0.717, 1.165) is 12.8 Å². The topological polar surface area (TPSA) is 17.1 Å². The molecule has 0 saturated carbocycles. The van der Waals surface area contributed by atoms with Gasteiger partial charge in [0.25, 0.3) is 0 Å². The largest absolute Gasteiger partial charge is 0.295 e. The summed E-state index contributed by atoms with van der Waals surface area (Å²) in [5, 5.41) is 0. The molecule has 0 N–H and O–H groups in total. The maximum atomic E-state index is 12.1. The molecule has 0 bridgehead atoms. The number of carbonyl (C=O) groups excluding carboxylic acids is 1. The van der Waals surface area contributed by atoms with Crippen molar-refractivity contribution in [2.24, 2.45) is 0 Å². The smallest absolute Gasteiger partial charge is 0.156 e. The number of benzene rings is 1. The molecule has 0 fully saturated rings. The second-order valence-corrected chi connectivity index (χ2v) is 5.97. The molecule has 20 heavy (non-hydrogen) atoms. The molecule has 0 heterocycles. The van der Waals surface area contributed by atoms with Gasteiger partial charge in [0.15, 0.2) is 5.78 Å². The van der Waals surface area contributed by atoms with Crippen molar-refractivity contribution >= 4 is 5.78 Å². The quantitative estimate of drug-likeness (QED) is 0.665. The van der Waals surface area contributed by atoms with E-state index >= 15 is 0 Å². The molecule has 1 aliphatic rings. The first-order chi connectivity index (χ1) is 9.73. The Labute approximate surface area is 123 Å². The number of unbranched alkanes of at least 4 members (excludes halogenated alkanes) is 2. The van der Waals surface area contributed by atoms with Crippen LogP contribution >= 0.6 is 0 Å². The summed E-state index contributed by atoms with van der Waals surface area (Å²) < 4.78 is 0. The summed E-state index contributed by atoms with van der Waals surface area (Å²) in [7, 11) is 0. The van der Waals surface area contributed by atoms with Gasteiger partial charge < -0.3 is 0 Å². The van der Waals surface area contributed by atoms with Gasteiger partial charge in [0.2, 0.25) is 0 Å². The number of hydrogen-bond acceptors (Lipinski definition) is 1. The number of allylic oxidation sites excluding steroid dienone is 2. The van der Waals surface area contributed by atoms with Crippen LogP contribution in [0, 0.1) is 0 Å². The third kappa shape index (κ3) is 3.03. The first kappa shape index (κ1) is 15.0. The zero-order valence-corrected chi connectivity index (χ0v) is 12.8. The van der Waals surface area contributed by atoms with E-state index in [2.05, 4.69) is 44.2 Å². The third-order valence-electron chi connectivity index (χ3n) is 4.51. The fourth-order valence-electron chi connectivity index (χ4n) is 3.39. The summed E-state index contributed by atoms with van der Waals surface area (Å²) >= 11 is 0. The maximum Gasteiger partial charge on any atom is 0.156 e. The van der Waals surface area contributed by atoms with Crippen LogP contribution in [0.25, 0.3) is 0 Å². The Morgan fingerprint density at radius 2 is 1.75 bits per heavy atom. The molecule has 0 saturated heterocycles. The molecular formula is C19H26O. The van der Waals surface area contributed by atoms with E-state index in [1.54, 1.807) is 0 Å². The van der Waals surface area contributed by atoms with Crippen LogP contribution in [0.3, 0.4) is 0 Å². The SMILES string of the molecule is CCCCC1=CC(=O)CC1(CCCC)c1ccccc1. The molecule has 108 valence electrons. The Kier molecular flexibility index (Phi) is 5.17. The van der Waals surface area contributed by atoms with Gasteiger partial charge in [-0.3, -0.25) is 4.79 Å². The summed E-state index contributed by atoms with van der Waals surface area (Å²) in [4.78, 5) is 12.1. The average Bonchev–Trinajstić information content (AvgIpc) is 2.81. The van der Waals surface area contributed by atoms with Crippen LogP contribution in [-0.2, 0) is 10.2 Å². The Morgan fingerprint density at radius 1 is 1.05 bits per heavy atom. The Balaban J connectivity index is 2.36. The molecule has 1 atom stereocenters. The van der Waals surface area contributed by atoms with Crippen molar-refractivity contribution in [3.63, 3.8) is 0 Å². The summed E-state index contributed by atoms with van der Waals surface area (Å²) in [5.41, 5.74) is 2.70. The predicted molar refractivity (Wildman–Crippen MR) is 84.9 cm³/mol. The lowest BCUT2D eigenvalue weighted by atomic mass is 9.70. The Morgan fingerprint density at radius 3 is 2.40 bits per heavy atom. The average molecular weight is 270 g/mol. The first-order valence-electron chi connectivity index (χ1n) is 8.02. The van der Waals surface area contributed by atoms with Crippen molar-refractivity contribution in [1.82, 2.24) is 0 Å². The van der Waals surface area contributed by atoms with Gasteiger partial charge in [0.05, 0.1) is 0 Å². The minimum Gasteiger partial charge on any atom is -0.295 e. The molecule has 0 amide bonds. The van der Waals surface area contributed by atoms with Gasteiger partial charge in [-0.05, 0) is 30.9 Å². The van der Waals surface area contributed by atoms with Crippen LogP contribution in [-0.4, -0.2) is 5.78 Å². The highest BCUT2D eigenvalue weighted by molar-refractivity contribution is 5.95. The summed E-state index contributed by atoms with van der Waals surface area (Å²) in [5.74, 6) is 0.316. The van der Waals surface area contributed by atoms with E-state index in [9.17, 15) is 4.79 Å². The van der Waals surface area contributed by atoms with E-state index < -0.39 is 0 Å². The molecule has 0 aliphatic heterocycles. The molecule has 1 aromatic rings. The second-order valence-electron chi connectivity index (χ2n) is 5.97. The summed E-state index contributed by atoms with van der Waals surface area (Å²) in [6.45, 7) is 4.44. The van der Waals surface area contributed by atoms with Crippen molar-refractivity contribution in [2.75, 3.05) is 0 Å². The molecule has 0 aromatic heterocycles. The van der Waals surface area contributed by atoms with E-state index in [4.69, 9.17) is 0 Å². The number of carbonyl (C=O) groups is 1. The molecular weight excluding hydrogens is 244 g/mol. The monoisotopic (exact) mass is 270 g/mol. The van der Waals surface area contributed by atoms with Crippen LogP contribution < -0.4 is 0 Å². The highest BCUT2D eigenvalue weighted by Crippen LogP contribution is 2.46. The highest BCUT2D eigenvalue weighted by Gasteiger charge is 2.41. The van der Waals surface area contributed by atoms with Crippen molar-refractivity contribution in [1.29, 1.82) is 0 Å². The molecule has 1 unspecified atom stereocenters. The minimum absolute atomic E-state index is 0.0104. The van der Waals surface area contributed by atoms with Gasteiger partial charge in [-0.15, -0.1) is 0 Å². The van der Waals surface area contributed by atoms with Gasteiger partial charge in [-0.1, -0.05) is 69.0 Å². The predicted octanol–water partition coefficient (Wildman–Crippen LogP) is 5.20. The second kappa shape index (κ2) is 6.88. The number of rotatable bonds is 7. The van der Waals surface area contributed by atoms with Crippen LogP contribution in [0.4, 0.5) is 0 Å². The van der Waals surface area contributed by atoms with Gasteiger partial charge in [0, 0.05) is 11.8 Å². The normalized spacial score (nSPS) is 22.1. The lowest BCUT2D eigenvalue weighted by Crippen LogP contribution is -2.27. The lowest BCUT2D eigenvalue weighted by molar-refractivity contribution is -0.114. The third-order valence-corrected chi connectivity index (χ3v) is 4.51. The van der Waals surface area contributed by atoms with Gasteiger partial charge in [-0.2, -0.15) is 0 Å². The Hall–Kier alpha value is -1.37. The van der Waals surface area contributed by atoms with Crippen molar-refractivity contribution in [3.8, 4) is 0 Å². The first-order valence-corrected chi connectivity index (χ1v) is 8.02. The van der Waals surface area contributed by atoms with Crippen LogP contribution in [0.2, 0.25) is 0 Å². The van der Waals surface area contributed by atoms with Crippen LogP contribution in [0.15, 0.2) is 42.0 Å². The molecule has 0 radical (unpaired) electrons. The number of hydrogen-bond donors (Lipinski definition) is 0. The molecule has 1 nitrogen and oxygen atoms in total. The highest BCUT2D eigenvalue weighted by atomic mass is 16.1. The fourth-order valence-corrected chi connectivity index (χ4v) is 3.39. The molecule has 2 rings (SSSR count). The van der Waals surface area contributed by atoms with E-state index in [0.29, 0.717) is 12.2 Å². The minimum atomic E-state index is -0.0104. The zero-order chi connectivity index (χ0) is 14.4. The van der Waals surface area contributed by atoms with E-state index in [1.165, 1.54) is 36.8 Å². The van der Waals surface area contributed by atoms with E-state index in [1.807, 2.05) is 6.08 Å². The van der Waals surface area contributed by atoms with Gasteiger partial charge in [-0.25, -0.2) is 0 Å². The standard InChI is InChI=1S/C19H26O/c1-3-5-10-17-14-18(20)15-19(17,13-6-4-2)16-11-8-7-9-12-16/h7-9,11-12,14H,3-6,10,13,15H2,1-2H3. The van der Waals surface area contributed by atoms with Crippen LogP contribution in [0.5, 0.6) is 0 Å².